The third-order valence-corrected chi connectivity index (χ3v) is 18.5. The van der Waals surface area contributed by atoms with Crippen molar-refractivity contribution in [1.82, 2.24) is 0 Å². The van der Waals surface area contributed by atoms with Gasteiger partial charge in [0.05, 0.1) is 540 Å². The number of rotatable bonds is 130. The Bertz CT molecular complexity index is 2770. The zero-order chi connectivity index (χ0) is 105. The van der Waals surface area contributed by atoms with Gasteiger partial charge in [-0.2, -0.15) is 0 Å². The van der Waals surface area contributed by atoms with Crippen LogP contribution in [0.15, 0.2) is 48.5 Å². The Hall–Kier alpha value is -4.50. The van der Waals surface area contributed by atoms with Crippen LogP contribution in [0.5, 0.6) is 5.75 Å². The zero-order valence-corrected chi connectivity index (χ0v) is 89.1. The Morgan fingerprint density at radius 1 is 0.189 bits per heavy atom. The third kappa shape index (κ3) is 110. The predicted octanol–water partition coefficient (Wildman–Crippen LogP) is 4.23. The number of methoxy groups -OCH3 is 1. The number of hydrogen-bond donors (Lipinski definition) is 0. The van der Waals surface area contributed by atoms with Gasteiger partial charge in [0, 0.05) is 7.11 Å². The molecule has 0 aromatic heterocycles. The minimum absolute atomic E-state index is 0.0378. The molecule has 0 bridgehead atoms. The van der Waals surface area contributed by atoms with Gasteiger partial charge in [0.25, 0.3) is 0 Å². The van der Waals surface area contributed by atoms with Gasteiger partial charge in [0.15, 0.2) is 0 Å². The van der Waals surface area contributed by atoms with Crippen LogP contribution in [0, 0.1) is 0 Å². The summed E-state index contributed by atoms with van der Waals surface area (Å²) in [7, 11) is 1.64. The fourth-order valence-electron chi connectivity index (χ4n) is 11.0. The molecule has 2 rings (SSSR count). The lowest BCUT2D eigenvalue weighted by Crippen LogP contribution is -2.20. The van der Waals surface area contributed by atoms with E-state index in [2.05, 4.69) is 0 Å². The van der Waals surface area contributed by atoms with Crippen molar-refractivity contribution < 1.29 is 223 Å². The first-order chi connectivity index (χ1) is 73.5. The van der Waals surface area contributed by atoms with Gasteiger partial charge >= 0.3 is 11.9 Å². The molecule has 2 aromatic rings. The number of carbonyl (C=O) groups excluding carboxylic acids is 2. The molecule has 1 unspecified atom stereocenters. The summed E-state index contributed by atoms with van der Waals surface area (Å²) in [5.74, 6) is -0.325. The van der Waals surface area contributed by atoms with E-state index in [1.54, 1.807) is 14.0 Å². The van der Waals surface area contributed by atoms with Gasteiger partial charge in [0.1, 0.15) is 31.7 Å². The monoisotopic (exact) mass is 2150 g/mol. The first-order valence-corrected chi connectivity index (χ1v) is 52.0. The summed E-state index contributed by atoms with van der Waals surface area (Å²) in [5.41, 5.74) is 1.47. The lowest BCUT2D eigenvalue weighted by Gasteiger charge is -2.13. The molecule has 0 saturated carbocycles. The van der Waals surface area contributed by atoms with E-state index in [4.69, 9.17) is 213 Å². The van der Waals surface area contributed by atoms with E-state index in [-0.39, 0.29) is 37.6 Å². The Kier molecular flexibility index (Phi) is 116. The average molecular weight is 2150 g/mol. The molecule has 0 saturated heterocycles. The largest absolute Gasteiger partial charge is 0.494 e. The van der Waals surface area contributed by atoms with Gasteiger partial charge in [-0.1, -0.05) is 12.1 Å². The second-order valence-electron chi connectivity index (χ2n) is 30.4. The fraction of sp³-hybridized carbons (Fsp3) is 0.861. The molecule has 870 valence electrons. The maximum atomic E-state index is 12.6. The van der Waals surface area contributed by atoms with Crippen molar-refractivity contribution in [2.75, 3.05) is 549 Å². The second-order valence-corrected chi connectivity index (χ2v) is 30.4. The van der Waals surface area contributed by atoms with Crippen molar-refractivity contribution in [2.24, 2.45) is 0 Å². The highest BCUT2D eigenvalue weighted by Crippen LogP contribution is 2.14. The fourth-order valence-corrected chi connectivity index (χ4v) is 11.0. The van der Waals surface area contributed by atoms with Crippen LogP contribution in [0.25, 0.3) is 0 Å². The molecule has 0 aliphatic rings. The molecule has 2 aromatic carbocycles. The molecule has 0 aliphatic heterocycles. The zero-order valence-electron chi connectivity index (χ0n) is 89.1. The number of ether oxygens (including phenoxy) is 43. The Morgan fingerprint density at radius 2 is 0.338 bits per heavy atom. The molecule has 0 radical (unpaired) electrons. The van der Waals surface area contributed by atoms with Crippen LogP contribution in [-0.2, 0) is 215 Å². The van der Waals surface area contributed by atoms with E-state index in [0.717, 1.165) is 11.3 Å². The smallest absolute Gasteiger partial charge is 0.338 e. The highest BCUT2D eigenvalue weighted by molar-refractivity contribution is 5.93. The molecule has 0 aliphatic carbocycles. The Labute approximate surface area is 877 Å². The van der Waals surface area contributed by atoms with Gasteiger partial charge in [-0.3, -0.25) is 0 Å². The molecule has 47 nitrogen and oxygen atoms in total. The standard InChI is InChI=1S/C101H184O47/c1-4-144-99-11-5-96(6-12-99)94-147-146-93-95(2)148-101(103)98-9-7-97(8-10-98)100(102)145-92-91-143-90-89-142-88-87-141-86-85-140-84-83-139-82-81-138-80-79-137-78-77-136-76-75-135-74-73-134-72-71-133-70-69-132-68-67-131-66-65-130-64-63-129-62-61-128-60-59-127-58-57-126-56-55-125-54-53-124-52-51-123-50-49-122-48-47-121-46-45-120-44-43-119-42-41-118-40-39-117-38-37-116-36-35-115-34-33-114-32-31-113-30-29-112-28-27-111-26-25-110-24-23-109-22-21-108-20-19-107-18-17-106-16-15-105-14-13-104-3/h5-12,95H,4,13-94H2,1-3H3. The third-order valence-electron chi connectivity index (χ3n) is 18.5. The van der Waals surface area contributed by atoms with Gasteiger partial charge in [-0.15, -0.1) is 0 Å². The maximum Gasteiger partial charge on any atom is 0.338 e. The SMILES string of the molecule is CCOc1ccc(COOCC(C)OC(=O)c2ccc(C(=O)OCCOCCOCCOCCOCCOCCOCCOCCOCCOCCOCCOCCOCCOCCOCCOCCOCCOCCOCCOCCOCCOCCOCCOCCOCCOCCOCCOCCOCCOCCOCCOCCOCCOCCOCCOCCOCCOCCOCCOCCOC)cc2)cc1. The van der Waals surface area contributed by atoms with Gasteiger partial charge in [0.2, 0.25) is 0 Å². The van der Waals surface area contributed by atoms with Crippen LogP contribution < -0.4 is 4.74 Å². The number of hydrogen-bond acceptors (Lipinski definition) is 47. The molecule has 0 N–H and O–H groups in total. The summed E-state index contributed by atoms with van der Waals surface area (Å²) in [4.78, 5) is 35.5. The van der Waals surface area contributed by atoms with E-state index in [0.29, 0.717) is 522 Å². The van der Waals surface area contributed by atoms with Gasteiger partial charge in [-0.25, -0.2) is 19.4 Å². The quantitative estimate of drug-likeness (QED) is 0.0387. The van der Waals surface area contributed by atoms with Crippen molar-refractivity contribution in [3.05, 3.63) is 65.2 Å². The van der Waals surface area contributed by atoms with Crippen molar-refractivity contribution in [3.63, 3.8) is 0 Å². The summed E-state index contributed by atoms with van der Waals surface area (Å²) in [6, 6.07) is 13.4. The van der Waals surface area contributed by atoms with Crippen LogP contribution in [0.2, 0.25) is 0 Å². The van der Waals surface area contributed by atoms with Crippen molar-refractivity contribution in [3.8, 4) is 5.75 Å². The van der Waals surface area contributed by atoms with E-state index < -0.39 is 18.0 Å². The van der Waals surface area contributed by atoms with Crippen molar-refractivity contribution >= 4 is 11.9 Å². The normalized spacial score (nSPS) is 11.9. The second kappa shape index (κ2) is 123. The molecule has 0 spiro atoms. The van der Waals surface area contributed by atoms with E-state index in [1.165, 1.54) is 24.3 Å². The summed E-state index contributed by atoms with van der Waals surface area (Å²) in [6.45, 7) is 41.5. The first-order valence-electron chi connectivity index (χ1n) is 52.0. The van der Waals surface area contributed by atoms with E-state index in [1.807, 2.05) is 31.2 Å². The Morgan fingerprint density at radius 3 is 0.493 bits per heavy atom. The molecular weight excluding hydrogens is 1970 g/mol. The lowest BCUT2D eigenvalue weighted by atomic mass is 10.1. The Balaban J connectivity index is 1.09. The molecule has 148 heavy (non-hydrogen) atoms. The van der Waals surface area contributed by atoms with Crippen LogP contribution >= 0.6 is 0 Å². The van der Waals surface area contributed by atoms with Crippen molar-refractivity contribution in [2.45, 2.75) is 26.6 Å². The number of esters is 2. The molecule has 1 atom stereocenters. The summed E-state index contributed by atoms with van der Waals surface area (Å²) in [6.07, 6.45) is -0.574. The molecular formula is C101H184O47. The van der Waals surface area contributed by atoms with E-state index in [9.17, 15) is 9.59 Å². The highest BCUT2D eigenvalue weighted by atomic mass is 17.2. The summed E-state index contributed by atoms with van der Waals surface area (Å²) in [5, 5.41) is 0. The number of carbonyl (C=O) groups is 2. The topological polar surface area (TPSA) is 449 Å². The van der Waals surface area contributed by atoms with Crippen LogP contribution in [0.4, 0.5) is 0 Å². The molecule has 0 fully saturated rings. The van der Waals surface area contributed by atoms with Crippen molar-refractivity contribution in [1.29, 1.82) is 0 Å². The highest BCUT2D eigenvalue weighted by Gasteiger charge is 2.16. The molecule has 47 heteroatoms. The van der Waals surface area contributed by atoms with Crippen LogP contribution in [-0.4, -0.2) is 567 Å². The van der Waals surface area contributed by atoms with Crippen LogP contribution in [0.3, 0.4) is 0 Å². The summed E-state index contributed by atoms with van der Waals surface area (Å²) >= 11 is 0. The first kappa shape index (κ1) is 140. The molecule has 0 heterocycles. The van der Waals surface area contributed by atoms with E-state index >= 15 is 0 Å². The summed E-state index contributed by atoms with van der Waals surface area (Å²) < 4.78 is 237. The molecule has 0 amide bonds. The average Bonchev–Trinajstić information content (AvgIpc) is 0.864. The van der Waals surface area contributed by atoms with Crippen LogP contribution in [0.1, 0.15) is 40.1 Å². The van der Waals surface area contributed by atoms with Gasteiger partial charge < -0.3 is 204 Å². The minimum Gasteiger partial charge on any atom is -0.494 e. The maximum absolute atomic E-state index is 12.6. The lowest BCUT2D eigenvalue weighted by molar-refractivity contribution is -0.312. The number of benzene rings is 2. The van der Waals surface area contributed by atoms with Gasteiger partial charge in [-0.05, 0) is 55.8 Å². The minimum atomic E-state index is -0.574. The predicted molar refractivity (Wildman–Crippen MR) is 534 cm³/mol.